The van der Waals surface area contributed by atoms with Gasteiger partial charge in [-0.15, -0.1) is 0 Å². The molecule has 0 bridgehead atoms. The molecular formula is C26H25N3O6. The smallest absolute Gasteiger partial charge is 0.407 e. The maximum atomic E-state index is 12.6. The van der Waals surface area contributed by atoms with E-state index in [2.05, 4.69) is 34.7 Å². The van der Waals surface area contributed by atoms with Crippen LogP contribution in [0.1, 0.15) is 46.1 Å². The van der Waals surface area contributed by atoms with Crippen molar-refractivity contribution in [3.05, 3.63) is 77.2 Å². The number of alkyl carbamates (subject to hydrolysis) is 1. The van der Waals surface area contributed by atoms with Gasteiger partial charge in [0.1, 0.15) is 6.61 Å². The zero-order chi connectivity index (χ0) is 24.4. The minimum atomic E-state index is -0.868. The molecule has 2 aliphatic rings. The van der Waals surface area contributed by atoms with Crippen molar-refractivity contribution in [1.29, 1.82) is 0 Å². The molecule has 3 aromatic rings. The van der Waals surface area contributed by atoms with E-state index in [1.807, 2.05) is 24.3 Å². The highest BCUT2D eigenvalue weighted by Gasteiger charge is 2.31. The number of rotatable bonds is 7. The lowest BCUT2D eigenvalue weighted by atomic mass is 9.98. The van der Waals surface area contributed by atoms with Crippen LogP contribution in [0.15, 0.2) is 59.1 Å². The topological polar surface area (TPSA) is 122 Å². The van der Waals surface area contributed by atoms with Crippen molar-refractivity contribution < 1.29 is 28.8 Å². The second kappa shape index (κ2) is 9.61. The van der Waals surface area contributed by atoms with Crippen LogP contribution in [0.5, 0.6) is 0 Å². The molecule has 2 N–H and O–H groups in total. The Morgan fingerprint density at radius 1 is 1.09 bits per heavy atom. The monoisotopic (exact) mass is 475 g/mol. The van der Waals surface area contributed by atoms with E-state index >= 15 is 0 Å². The number of fused-ring (bicyclic) bond motifs is 3. The summed E-state index contributed by atoms with van der Waals surface area (Å²) < 4.78 is 10.7. The Morgan fingerprint density at radius 3 is 2.46 bits per heavy atom. The van der Waals surface area contributed by atoms with Crippen molar-refractivity contribution in [1.82, 2.24) is 15.4 Å². The van der Waals surface area contributed by atoms with Crippen LogP contribution < -0.4 is 5.32 Å². The Labute approximate surface area is 201 Å². The molecule has 0 saturated carbocycles. The fourth-order valence-electron chi connectivity index (χ4n) is 4.90. The van der Waals surface area contributed by atoms with Crippen LogP contribution in [0.2, 0.25) is 0 Å². The second-order valence-corrected chi connectivity index (χ2v) is 8.86. The number of carboxylic acid groups (broad SMARTS) is 1. The number of carboxylic acids is 1. The van der Waals surface area contributed by atoms with Crippen LogP contribution in [-0.2, 0) is 16.1 Å². The normalized spacial score (nSPS) is 16.6. The van der Waals surface area contributed by atoms with E-state index in [1.165, 1.54) is 6.07 Å². The number of benzene rings is 2. The number of likely N-dealkylation sites (tertiary alicyclic amines) is 1. The van der Waals surface area contributed by atoms with Gasteiger partial charge in [0.15, 0.2) is 11.5 Å². The van der Waals surface area contributed by atoms with E-state index in [4.69, 9.17) is 14.4 Å². The number of ether oxygens (including phenoxy) is 1. The summed E-state index contributed by atoms with van der Waals surface area (Å²) in [5.41, 5.74) is 4.71. The van der Waals surface area contributed by atoms with Crippen molar-refractivity contribution >= 4 is 18.0 Å². The summed E-state index contributed by atoms with van der Waals surface area (Å²) in [5, 5.41) is 15.4. The van der Waals surface area contributed by atoms with Gasteiger partial charge in [0, 0.05) is 31.5 Å². The zero-order valence-electron chi connectivity index (χ0n) is 19.0. The average Bonchev–Trinajstić information content (AvgIpc) is 3.59. The number of aromatic nitrogens is 1. The number of carbonyl (C=O) groups is 3. The maximum Gasteiger partial charge on any atom is 0.407 e. The van der Waals surface area contributed by atoms with E-state index in [0.717, 1.165) is 22.3 Å². The molecule has 2 amide bonds. The van der Waals surface area contributed by atoms with E-state index < -0.39 is 12.1 Å². The zero-order valence-corrected chi connectivity index (χ0v) is 19.0. The second-order valence-electron chi connectivity index (χ2n) is 8.86. The summed E-state index contributed by atoms with van der Waals surface area (Å²) in [6.45, 7) is 1.09. The maximum absolute atomic E-state index is 12.6. The first-order chi connectivity index (χ1) is 17.0. The molecule has 1 aliphatic carbocycles. The van der Waals surface area contributed by atoms with Crippen molar-refractivity contribution in [2.45, 2.75) is 25.3 Å². The molecule has 0 radical (unpaired) electrons. The number of carbonyl (C=O) groups excluding carboxylic acids is 2. The minimum absolute atomic E-state index is 0.0264. The molecular weight excluding hydrogens is 450 g/mol. The van der Waals surface area contributed by atoms with Gasteiger partial charge in [0.25, 0.3) is 5.91 Å². The highest BCUT2D eigenvalue weighted by Crippen LogP contribution is 2.44. The van der Waals surface area contributed by atoms with Crippen LogP contribution in [-0.4, -0.2) is 52.8 Å². The lowest BCUT2D eigenvalue weighted by Crippen LogP contribution is -2.29. The molecule has 1 atom stereocenters. The van der Waals surface area contributed by atoms with E-state index in [9.17, 15) is 14.4 Å². The molecule has 1 unspecified atom stereocenters. The average molecular weight is 476 g/mol. The molecule has 2 aromatic carbocycles. The van der Waals surface area contributed by atoms with Crippen molar-refractivity contribution in [3.63, 3.8) is 0 Å². The van der Waals surface area contributed by atoms with Crippen LogP contribution in [0.3, 0.4) is 0 Å². The highest BCUT2D eigenvalue weighted by molar-refractivity contribution is 5.92. The van der Waals surface area contributed by atoms with E-state index in [0.29, 0.717) is 25.3 Å². The Morgan fingerprint density at radius 2 is 1.77 bits per heavy atom. The third kappa shape index (κ3) is 4.75. The largest absolute Gasteiger partial charge is 0.481 e. The molecule has 9 heteroatoms. The van der Waals surface area contributed by atoms with Crippen molar-refractivity contribution in [2.24, 2.45) is 5.92 Å². The van der Waals surface area contributed by atoms with E-state index in [1.54, 1.807) is 4.90 Å². The number of amides is 2. The molecule has 180 valence electrons. The van der Waals surface area contributed by atoms with Gasteiger partial charge in [-0.25, -0.2) is 4.79 Å². The summed E-state index contributed by atoms with van der Waals surface area (Å²) >= 11 is 0. The first kappa shape index (κ1) is 22.6. The number of nitrogens with one attached hydrogen (secondary N) is 1. The van der Waals surface area contributed by atoms with Gasteiger partial charge >= 0.3 is 12.1 Å². The van der Waals surface area contributed by atoms with Crippen molar-refractivity contribution in [3.8, 4) is 11.1 Å². The Kier molecular flexibility index (Phi) is 6.22. The summed E-state index contributed by atoms with van der Waals surface area (Å²) in [4.78, 5) is 37.4. The predicted molar refractivity (Wildman–Crippen MR) is 125 cm³/mol. The Balaban J connectivity index is 1.13. The van der Waals surface area contributed by atoms with Gasteiger partial charge in [-0.1, -0.05) is 53.7 Å². The Hall–Kier alpha value is -4.14. The van der Waals surface area contributed by atoms with Gasteiger partial charge in [0.2, 0.25) is 0 Å². The first-order valence-electron chi connectivity index (χ1n) is 11.5. The number of nitrogens with zero attached hydrogens (tertiary/aromatic N) is 2. The predicted octanol–water partition coefficient (Wildman–Crippen LogP) is 3.65. The van der Waals surface area contributed by atoms with Crippen LogP contribution in [0, 0.1) is 5.92 Å². The fraction of sp³-hybridized carbons (Fsp3) is 0.308. The molecule has 1 aromatic heterocycles. The third-order valence-corrected chi connectivity index (χ3v) is 6.57. The molecule has 1 fully saturated rings. The van der Waals surface area contributed by atoms with Gasteiger partial charge in [-0.05, 0) is 34.6 Å². The van der Waals surface area contributed by atoms with Gasteiger partial charge in [-0.2, -0.15) is 0 Å². The number of aliphatic carboxylic acids is 1. The number of hydrogen-bond donors (Lipinski definition) is 2. The molecule has 9 nitrogen and oxygen atoms in total. The van der Waals surface area contributed by atoms with Gasteiger partial charge < -0.3 is 24.6 Å². The quantitative estimate of drug-likeness (QED) is 0.535. The molecule has 1 aliphatic heterocycles. The van der Waals surface area contributed by atoms with Crippen LogP contribution in [0.4, 0.5) is 4.79 Å². The number of hydrogen-bond acceptors (Lipinski definition) is 6. The van der Waals surface area contributed by atoms with E-state index in [-0.39, 0.29) is 43.0 Å². The molecule has 35 heavy (non-hydrogen) atoms. The standard InChI is InChI=1S/C26H25N3O6/c30-24(31)11-16-9-10-29(14-16)25(32)23-12-17(35-28-23)13-27-26(33)34-15-22-20-7-3-1-5-18(20)19-6-2-4-8-21(19)22/h1-8,12,16,22H,9-11,13-15H2,(H,27,33)(H,30,31). The first-order valence-corrected chi connectivity index (χ1v) is 11.5. The molecule has 1 saturated heterocycles. The summed E-state index contributed by atoms with van der Waals surface area (Å²) in [5.74, 6) is -0.948. The van der Waals surface area contributed by atoms with Crippen LogP contribution in [0.25, 0.3) is 11.1 Å². The van der Waals surface area contributed by atoms with Gasteiger partial charge in [-0.3, -0.25) is 9.59 Å². The third-order valence-electron chi connectivity index (χ3n) is 6.57. The summed E-state index contributed by atoms with van der Waals surface area (Å²) in [6, 6.07) is 17.7. The molecule has 2 heterocycles. The van der Waals surface area contributed by atoms with Gasteiger partial charge in [0.05, 0.1) is 6.54 Å². The summed E-state index contributed by atoms with van der Waals surface area (Å²) in [6.07, 6.45) is 0.0940. The minimum Gasteiger partial charge on any atom is -0.481 e. The molecule has 0 spiro atoms. The van der Waals surface area contributed by atoms with Crippen LogP contribution >= 0.6 is 0 Å². The summed E-state index contributed by atoms with van der Waals surface area (Å²) in [7, 11) is 0. The highest BCUT2D eigenvalue weighted by atomic mass is 16.5. The lowest BCUT2D eigenvalue weighted by molar-refractivity contribution is -0.138. The Bertz CT molecular complexity index is 1220. The molecule has 5 rings (SSSR count). The lowest BCUT2D eigenvalue weighted by Gasteiger charge is -2.14. The fourth-order valence-corrected chi connectivity index (χ4v) is 4.90. The SMILES string of the molecule is O=C(O)CC1CCN(C(=O)c2cc(CNC(=O)OCC3c4ccccc4-c4ccccc43)on2)C1. The van der Waals surface area contributed by atoms with Crippen molar-refractivity contribution in [2.75, 3.05) is 19.7 Å².